The first-order chi connectivity index (χ1) is 8.45. The van der Waals surface area contributed by atoms with Gasteiger partial charge in [-0.3, -0.25) is 9.89 Å². The van der Waals surface area contributed by atoms with E-state index in [1.165, 1.54) is 0 Å². The lowest BCUT2D eigenvalue weighted by molar-refractivity contribution is 0.0783. The topological polar surface area (TPSA) is 109 Å². The van der Waals surface area contributed by atoms with Crippen LogP contribution in [-0.2, 0) is 16.4 Å². The van der Waals surface area contributed by atoms with Crippen molar-refractivity contribution in [2.45, 2.75) is 31.1 Å². The summed E-state index contributed by atoms with van der Waals surface area (Å²) in [7, 11) is -3.95. The fraction of sp³-hybridized carbons (Fsp3) is 0.600. The van der Waals surface area contributed by atoms with Crippen molar-refractivity contribution < 1.29 is 13.2 Å². The van der Waals surface area contributed by atoms with E-state index in [0.717, 1.165) is 12.8 Å². The maximum absolute atomic E-state index is 12.2. The van der Waals surface area contributed by atoms with Gasteiger partial charge in [0, 0.05) is 13.1 Å². The summed E-state index contributed by atoms with van der Waals surface area (Å²) in [5.41, 5.74) is 0.288. The fourth-order valence-electron chi connectivity index (χ4n) is 2.13. The summed E-state index contributed by atoms with van der Waals surface area (Å²) in [6.07, 6.45) is 2.29. The predicted molar refractivity (Wildman–Crippen MR) is 64.5 cm³/mol. The molecule has 0 spiro atoms. The number of hydrogen-bond acceptors (Lipinski definition) is 4. The van der Waals surface area contributed by atoms with Gasteiger partial charge in [0.15, 0.2) is 5.69 Å². The summed E-state index contributed by atoms with van der Waals surface area (Å²) in [5, 5.41) is 11.6. The Kier molecular flexibility index (Phi) is 3.40. The number of amides is 1. The normalized spacial score (nSPS) is 16.2. The molecule has 2 heterocycles. The highest BCUT2D eigenvalue weighted by molar-refractivity contribution is 7.89. The Morgan fingerprint density at radius 1 is 1.44 bits per heavy atom. The number of carbonyl (C=O) groups excluding carboxylic acids is 1. The van der Waals surface area contributed by atoms with Gasteiger partial charge >= 0.3 is 0 Å². The number of hydrogen-bond donors (Lipinski definition) is 2. The zero-order valence-electron chi connectivity index (χ0n) is 10.1. The second-order valence-corrected chi connectivity index (χ2v) is 5.78. The third kappa shape index (κ3) is 2.25. The minimum atomic E-state index is -3.95. The fourth-order valence-corrected chi connectivity index (χ4v) is 3.06. The van der Waals surface area contributed by atoms with Crippen molar-refractivity contribution in [2.75, 3.05) is 13.1 Å². The van der Waals surface area contributed by atoms with Crippen molar-refractivity contribution in [3.8, 4) is 0 Å². The van der Waals surface area contributed by atoms with Gasteiger partial charge in [0.1, 0.15) is 4.90 Å². The number of H-pyrrole nitrogens is 1. The van der Waals surface area contributed by atoms with Gasteiger partial charge in [-0.25, -0.2) is 13.6 Å². The number of primary sulfonamides is 1. The summed E-state index contributed by atoms with van der Waals surface area (Å²) in [6, 6.07) is 0. The number of nitrogens with one attached hydrogen (secondary N) is 1. The van der Waals surface area contributed by atoms with E-state index in [0.29, 0.717) is 25.2 Å². The zero-order chi connectivity index (χ0) is 13.3. The molecule has 1 aromatic heterocycles. The highest BCUT2D eigenvalue weighted by Gasteiger charge is 2.30. The van der Waals surface area contributed by atoms with E-state index >= 15 is 0 Å². The molecular formula is C10H16N4O3S. The summed E-state index contributed by atoms with van der Waals surface area (Å²) in [6.45, 7) is 3.04. The van der Waals surface area contributed by atoms with Gasteiger partial charge in [-0.2, -0.15) is 5.10 Å². The molecule has 1 fully saturated rings. The van der Waals surface area contributed by atoms with Gasteiger partial charge in [0.2, 0.25) is 10.0 Å². The van der Waals surface area contributed by atoms with Crippen molar-refractivity contribution in [2.24, 2.45) is 5.14 Å². The standard InChI is InChI=1S/C10H16N4O3S/c1-2-7-9(18(11,16)17)8(13-12-7)10(15)14-5-3-4-6-14/h2-6H2,1H3,(H,12,13)(H2,11,16,17). The smallest absolute Gasteiger partial charge is 0.275 e. The molecule has 7 nitrogen and oxygen atoms in total. The van der Waals surface area contributed by atoms with E-state index in [9.17, 15) is 13.2 Å². The molecule has 100 valence electrons. The van der Waals surface area contributed by atoms with Crippen molar-refractivity contribution in [3.05, 3.63) is 11.4 Å². The van der Waals surface area contributed by atoms with Crippen LogP contribution in [0.15, 0.2) is 4.90 Å². The van der Waals surface area contributed by atoms with Crippen LogP contribution >= 0.6 is 0 Å². The summed E-state index contributed by atoms with van der Waals surface area (Å²) < 4.78 is 23.1. The SMILES string of the molecule is CCc1[nH]nc(C(=O)N2CCCC2)c1S(N)(=O)=O. The minimum absolute atomic E-state index is 0.0868. The molecule has 1 aliphatic rings. The van der Waals surface area contributed by atoms with Crippen LogP contribution in [0.25, 0.3) is 0 Å². The molecule has 1 saturated heterocycles. The molecule has 8 heteroatoms. The van der Waals surface area contributed by atoms with E-state index in [1.54, 1.807) is 11.8 Å². The van der Waals surface area contributed by atoms with Gasteiger partial charge in [-0.15, -0.1) is 0 Å². The number of nitrogens with zero attached hydrogens (tertiary/aromatic N) is 2. The van der Waals surface area contributed by atoms with Crippen molar-refractivity contribution in [1.82, 2.24) is 15.1 Å². The Morgan fingerprint density at radius 2 is 2.06 bits per heavy atom. The number of aromatic nitrogens is 2. The van der Waals surface area contributed by atoms with Crippen LogP contribution in [0.5, 0.6) is 0 Å². The first-order valence-corrected chi connectivity index (χ1v) is 7.39. The number of aromatic amines is 1. The van der Waals surface area contributed by atoms with E-state index in [-0.39, 0.29) is 16.5 Å². The average Bonchev–Trinajstić information content (AvgIpc) is 2.96. The molecule has 0 aliphatic carbocycles. The third-order valence-electron chi connectivity index (χ3n) is 3.03. The van der Waals surface area contributed by atoms with Gasteiger partial charge < -0.3 is 4.90 Å². The van der Waals surface area contributed by atoms with Gasteiger partial charge in [0.25, 0.3) is 5.91 Å². The number of sulfonamides is 1. The van der Waals surface area contributed by atoms with Crippen LogP contribution in [0, 0.1) is 0 Å². The largest absolute Gasteiger partial charge is 0.337 e. The van der Waals surface area contributed by atoms with E-state index in [4.69, 9.17) is 5.14 Å². The molecule has 1 amide bonds. The highest BCUT2D eigenvalue weighted by atomic mass is 32.2. The van der Waals surface area contributed by atoms with Gasteiger partial charge in [0.05, 0.1) is 5.69 Å². The zero-order valence-corrected chi connectivity index (χ0v) is 11.0. The number of aryl methyl sites for hydroxylation is 1. The predicted octanol–water partition coefficient (Wildman–Crippen LogP) is -0.144. The van der Waals surface area contributed by atoms with Crippen LogP contribution < -0.4 is 5.14 Å². The molecule has 0 radical (unpaired) electrons. The van der Waals surface area contributed by atoms with Crippen LogP contribution in [0.3, 0.4) is 0 Å². The molecule has 2 rings (SSSR count). The third-order valence-corrected chi connectivity index (χ3v) is 4.03. The van der Waals surface area contributed by atoms with E-state index in [1.807, 2.05) is 0 Å². The second kappa shape index (κ2) is 4.69. The Morgan fingerprint density at radius 3 is 2.56 bits per heavy atom. The Balaban J connectivity index is 2.45. The first-order valence-electron chi connectivity index (χ1n) is 5.84. The average molecular weight is 272 g/mol. The number of likely N-dealkylation sites (tertiary alicyclic amines) is 1. The molecule has 0 saturated carbocycles. The maximum atomic E-state index is 12.2. The molecule has 0 aromatic carbocycles. The summed E-state index contributed by atoms with van der Waals surface area (Å²) >= 11 is 0. The molecule has 0 unspecified atom stereocenters. The molecule has 0 atom stereocenters. The van der Waals surface area contributed by atoms with E-state index < -0.39 is 10.0 Å². The number of nitrogens with two attached hydrogens (primary N) is 1. The van der Waals surface area contributed by atoms with Crippen LogP contribution in [0.2, 0.25) is 0 Å². The maximum Gasteiger partial charge on any atom is 0.275 e. The lowest BCUT2D eigenvalue weighted by Crippen LogP contribution is -2.30. The lowest BCUT2D eigenvalue weighted by atomic mass is 10.3. The Labute approximate surface area is 105 Å². The van der Waals surface area contributed by atoms with Crippen molar-refractivity contribution >= 4 is 15.9 Å². The Bertz CT molecular complexity index is 558. The van der Waals surface area contributed by atoms with Crippen molar-refractivity contribution in [3.63, 3.8) is 0 Å². The summed E-state index contributed by atoms with van der Waals surface area (Å²) in [4.78, 5) is 13.6. The summed E-state index contributed by atoms with van der Waals surface area (Å²) in [5.74, 6) is -0.368. The van der Waals surface area contributed by atoms with Gasteiger partial charge in [-0.1, -0.05) is 6.92 Å². The molecule has 3 N–H and O–H groups in total. The molecule has 18 heavy (non-hydrogen) atoms. The van der Waals surface area contributed by atoms with Gasteiger partial charge in [-0.05, 0) is 19.3 Å². The first kappa shape index (κ1) is 13.0. The molecule has 0 bridgehead atoms. The second-order valence-electron chi connectivity index (χ2n) is 4.28. The monoisotopic (exact) mass is 272 g/mol. The Hall–Kier alpha value is -1.41. The van der Waals surface area contributed by atoms with Crippen LogP contribution in [0.4, 0.5) is 0 Å². The number of carbonyl (C=O) groups is 1. The van der Waals surface area contributed by atoms with Crippen LogP contribution in [0.1, 0.15) is 35.9 Å². The lowest BCUT2D eigenvalue weighted by Gasteiger charge is -2.14. The quantitative estimate of drug-likeness (QED) is 0.797. The molecule has 1 aliphatic heterocycles. The van der Waals surface area contributed by atoms with E-state index in [2.05, 4.69) is 10.2 Å². The van der Waals surface area contributed by atoms with Crippen molar-refractivity contribution in [1.29, 1.82) is 0 Å². The number of rotatable bonds is 3. The molecular weight excluding hydrogens is 256 g/mol. The van der Waals surface area contributed by atoms with Crippen LogP contribution in [-0.4, -0.2) is 42.5 Å². The minimum Gasteiger partial charge on any atom is -0.337 e. The molecule has 1 aromatic rings. The highest BCUT2D eigenvalue weighted by Crippen LogP contribution is 2.20.